The molecule has 2 aliphatic carbocycles. The van der Waals surface area contributed by atoms with Crippen LogP contribution in [0.1, 0.15) is 36.9 Å². The number of hydrogen-bond acceptors (Lipinski definition) is 4. The van der Waals surface area contributed by atoms with E-state index in [0.29, 0.717) is 24.8 Å². The number of carbonyl (C=O) groups excluding carboxylic acids is 1. The monoisotopic (exact) mass is 302 g/mol. The fourth-order valence-corrected chi connectivity index (χ4v) is 4.06. The van der Waals surface area contributed by atoms with Crippen LogP contribution in [0.5, 0.6) is 0 Å². The third-order valence-corrected chi connectivity index (χ3v) is 5.27. The molecule has 0 radical (unpaired) electrons. The highest BCUT2D eigenvalue weighted by Gasteiger charge is 2.59. The van der Waals surface area contributed by atoms with E-state index in [1.54, 1.807) is 18.3 Å². The molecule has 1 unspecified atom stereocenters. The number of aliphatic hydroxyl groups is 1. The number of carbonyl (C=O) groups is 2. The maximum atomic E-state index is 13.0. The zero-order chi connectivity index (χ0) is 15.5. The molecule has 1 aliphatic heterocycles. The molecule has 1 aromatic rings. The van der Waals surface area contributed by atoms with Gasteiger partial charge in [0.1, 0.15) is 6.04 Å². The van der Waals surface area contributed by atoms with E-state index in [2.05, 4.69) is 4.98 Å². The number of nitrogens with zero attached hydrogens (tertiary/aromatic N) is 2. The fourth-order valence-electron chi connectivity index (χ4n) is 4.06. The van der Waals surface area contributed by atoms with Crippen LogP contribution >= 0.6 is 0 Å². The molecule has 1 saturated carbocycles. The fraction of sp³-hybridized carbons (Fsp3) is 0.562. The molecule has 1 saturated heterocycles. The van der Waals surface area contributed by atoms with Gasteiger partial charge in [-0.1, -0.05) is 6.07 Å². The standard InChI is InChI=1S/C16H18N2O4/c19-14(20)13-8-9-7-12(9)18(13)15(21)16(22)5-1-4-11-10(16)3-2-6-17-11/h2-3,6,9,12-13,22H,1,4-5,7-8H2,(H,19,20)/t9-,12-,13-,16?/m0/s1. The number of amides is 1. The molecule has 1 amide bonds. The topological polar surface area (TPSA) is 90.7 Å². The molecule has 4 rings (SSSR count). The maximum absolute atomic E-state index is 13.0. The summed E-state index contributed by atoms with van der Waals surface area (Å²) < 4.78 is 0. The van der Waals surface area contributed by atoms with Crippen molar-refractivity contribution in [3.63, 3.8) is 0 Å². The molecule has 0 bridgehead atoms. The first-order chi connectivity index (χ1) is 10.5. The predicted molar refractivity (Wildman–Crippen MR) is 75.9 cm³/mol. The highest BCUT2D eigenvalue weighted by atomic mass is 16.4. The van der Waals surface area contributed by atoms with E-state index in [1.807, 2.05) is 0 Å². The van der Waals surface area contributed by atoms with Crippen molar-refractivity contribution in [1.82, 2.24) is 9.88 Å². The van der Waals surface area contributed by atoms with Crippen LogP contribution < -0.4 is 0 Å². The van der Waals surface area contributed by atoms with Gasteiger partial charge in [0.2, 0.25) is 0 Å². The Labute approximate surface area is 127 Å². The minimum absolute atomic E-state index is 0.0142. The number of aliphatic carboxylic acids is 1. The second-order valence-electron chi connectivity index (χ2n) is 6.58. The summed E-state index contributed by atoms with van der Waals surface area (Å²) in [7, 11) is 0. The lowest BCUT2D eigenvalue weighted by Crippen LogP contribution is -2.53. The third kappa shape index (κ3) is 1.80. The van der Waals surface area contributed by atoms with Crippen molar-refractivity contribution in [2.45, 2.75) is 49.8 Å². The van der Waals surface area contributed by atoms with Crippen molar-refractivity contribution < 1.29 is 19.8 Å². The highest BCUT2D eigenvalue weighted by molar-refractivity contribution is 5.92. The van der Waals surface area contributed by atoms with E-state index in [9.17, 15) is 19.8 Å². The number of rotatable bonds is 2. The normalized spacial score (nSPS) is 35.7. The van der Waals surface area contributed by atoms with Crippen LogP contribution in [0.4, 0.5) is 0 Å². The van der Waals surface area contributed by atoms with E-state index >= 15 is 0 Å². The zero-order valence-electron chi connectivity index (χ0n) is 12.1. The molecule has 6 nitrogen and oxygen atoms in total. The smallest absolute Gasteiger partial charge is 0.326 e. The Morgan fingerprint density at radius 2 is 2.18 bits per heavy atom. The molecular formula is C16H18N2O4. The van der Waals surface area contributed by atoms with Gasteiger partial charge in [-0.2, -0.15) is 0 Å². The molecule has 0 aromatic carbocycles. The Hall–Kier alpha value is -1.95. The third-order valence-electron chi connectivity index (χ3n) is 5.27. The van der Waals surface area contributed by atoms with Gasteiger partial charge in [0.25, 0.3) is 5.91 Å². The first-order valence-electron chi connectivity index (χ1n) is 7.74. The molecule has 0 spiro atoms. The van der Waals surface area contributed by atoms with E-state index < -0.39 is 23.5 Å². The Bertz CT molecular complexity index is 661. The molecule has 4 atom stereocenters. The molecule has 116 valence electrons. The maximum Gasteiger partial charge on any atom is 0.326 e. The second kappa shape index (κ2) is 4.52. The molecular weight excluding hydrogens is 284 g/mol. The van der Waals surface area contributed by atoms with Crippen LogP contribution in [0, 0.1) is 5.92 Å². The minimum atomic E-state index is -1.63. The number of hydrogen-bond donors (Lipinski definition) is 2. The van der Waals surface area contributed by atoms with Gasteiger partial charge in [0.05, 0.1) is 0 Å². The van der Waals surface area contributed by atoms with Crippen LogP contribution in [0.3, 0.4) is 0 Å². The average molecular weight is 302 g/mol. The second-order valence-corrected chi connectivity index (χ2v) is 6.58. The summed E-state index contributed by atoms with van der Waals surface area (Å²) in [5, 5.41) is 20.4. The largest absolute Gasteiger partial charge is 0.480 e. The van der Waals surface area contributed by atoms with Gasteiger partial charge in [0, 0.05) is 23.5 Å². The lowest BCUT2D eigenvalue weighted by atomic mass is 9.80. The highest BCUT2D eigenvalue weighted by Crippen LogP contribution is 2.50. The summed E-state index contributed by atoms with van der Waals surface area (Å²) in [6.07, 6.45) is 4.74. The lowest BCUT2D eigenvalue weighted by molar-refractivity contribution is -0.162. The zero-order valence-corrected chi connectivity index (χ0v) is 12.1. The van der Waals surface area contributed by atoms with Gasteiger partial charge in [0.15, 0.2) is 5.60 Å². The summed E-state index contributed by atoms with van der Waals surface area (Å²) in [6, 6.07) is 2.62. The van der Waals surface area contributed by atoms with Crippen molar-refractivity contribution in [3.05, 3.63) is 29.6 Å². The first-order valence-corrected chi connectivity index (χ1v) is 7.74. The number of piperidine rings is 1. The number of fused-ring (bicyclic) bond motifs is 2. The number of carboxylic acid groups (broad SMARTS) is 1. The number of aryl methyl sites for hydroxylation is 1. The van der Waals surface area contributed by atoms with Crippen molar-refractivity contribution in [2.24, 2.45) is 5.92 Å². The van der Waals surface area contributed by atoms with E-state index in [0.717, 1.165) is 18.5 Å². The molecule has 2 fully saturated rings. The van der Waals surface area contributed by atoms with Crippen LogP contribution in [0.2, 0.25) is 0 Å². The molecule has 6 heteroatoms. The van der Waals surface area contributed by atoms with Crippen LogP contribution in [0.25, 0.3) is 0 Å². The van der Waals surface area contributed by atoms with Gasteiger partial charge in [-0.3, -0.25) is 9.78 Å². The predicted octanol–water partition coefficient (Wildman–Crippen LogP) is 0.679. The summed E-state index contributed by atoms with van der Waals surface area (Å²) in [6.45, 7) is 0. The summed E-state index contributed by atoms with van der Waals surface area (Å²) in [5.74, 6) is -1.16. The number of aromatic nitrogens is 1. The van der Waals surface area contributed by atoms with Crippen molar-refractivity contribution >= 4 is 11.9 Å². The Kier molecular flexibility index (Phi) is 2.81. The Balaban J connectivity index is 1.72. The van der Waals surface area contributed by atoms with Gasteiger partial charge < -0.3 is 15.1 Å². The van der Waals surface area contributed by atoms with Crippen LogP contribution in [-0.4, -0.2) is 44.1 Å². The molecule has 2 heterocycles. The van der Waals surface area contributed by atoms with Crippen molar-refractivity contribution in [1.29, 1.82) is 0 Å². The quantitative estimate of drug-likeness (QED) is 0.838. The summed E-state index contributed by atoms with van der Waals surface area (Å²) >= 11 is 0. The van der Waals surface area contributed by atoms with Gasteiger partial charge in [-0.05, 0) is 44.1 Å². The van der Waals surface area contributed by atoms with Gasteiger partial charge >= 0.3 is 5.97 Å². The molecule has 1 aromatic heterocycles. The van der Waals surface area contributed by atoms with E-state index in [4.69, 9.17) is 0 Å². The SMILES string of the molecule is O=C(O)[C@@H]1C[C@@H]2C[C@@H]2N1C(=O)C1(O)CCCc2ncccc21. The van der Waals surface area contributed by atoms with Crippen molar-refractivity contribution in [3.8, 4) is 0 Å². The first kappa shape index (κ1) is 13.7. The number of likely N-dealkylation sites (tertiary alicyclic amines) is 1. The lowest BCUT2D eigenvalue weighted by Gasteiger charge is -2.37. The number of pyridine rings is 1. The minimum Gasteiger partial charge on any atom is -0.480 e. The Morgan fingerprint density at radius 1 is 1.36 bits per heavy atom. The summed E-state index contributed by atoms with van der Waals surface area (Å²) in [4.78, 5) is 30.1. The van der Waals surface area contributed by atoms with Crippen molar-refractivity contribution in [2.75, 3.05) is 0 Å². The van der Waals surface area contributed by atoms with Crippen LogP contribution in [-0.2, 0) is 21.6 Å². The molecule has 22 heavy (non-hydrogen) atoms. The average Bonchev–Trinajstić information content (AvgIpc) is 3.17. The number of carboxylic acids is 1. The van der Waals surface area contributed by atoms with E-state index in [1.165, 1.54) is 4.90 Å². The van der Waals surface area contributed by atoms with Crippen LogP contribution in [0.15, 0.2) is 18.3 Å². The molecule has 2 N–H and O–H groups in total. The van der Waals surface area contributed by atoms with E-state index in [-0.39, 0.29) is 12.0 Å². The Morgan fingerprint density at radius 3 is 2.95 bits per heavy atom. The molecule has 3 aliphatic rings. The van der Waals surface area contributed by atoms with Gasteiger partial charge in [-0.15, -0.1) is 0 Å². The summed E-state index contributed by atoms with van der Waals surface area (Å²) in [5.41, 5.74) is -0.352. The van der Waals surface area contributed by atoms with Gasteiger partial charge in [-0.25, -0.2) is 4.79 Å².